The normalized spacial score (nSPS) is 15.1. The van der Waals surface area contributed by atoms with Crippen molar-refractivity contribution in [1.29, 1.82) is 0 Å². The third kappa shape index (κ3) is 2.60. The number of piperazine rings is 1. The van der Waals surface area contributed by atoms with Crippen LogP contribution in [0.4, 0.5) is 11.7 Å². The smallest absolute Gasteiger partial charge is 0.324 e. The lowest BCUT2D eigenvalue weighted by Gasteiger charge is -2.35. The van der Waals surface area contributed by atoms with Gasteiger partial charge in [0.25, 0.3) is 0 Å². The minimum atomic E-state index is 0.598. The number of hydrogen-bond acceptors (Lipinski definition) is 8. The van der Waals surface area contributed by atoms with E-state index in [0.29, 0.717) is 17.7 Å². The Hall–Kier alpha value is -2.90. The van der Waals surface area contributed by atoms with Gasteiger partial charge >= 0.3 is 6.01 Å². The number of anilines is 2. The van der Waals surface area contributed by atoms with Crippen LogP contribution in [-0.2, 0) is 0 Å². The molecular weight excluding hydrogens is 308 g/mol. The van der Waals surface area contributed by atoms with Crippen molar-refractivity contribution in [3.05, 3.63) is 30.4 Å². The van der Waals surface area contributed by atoms with Crippen LogP contribution in [0.5, 0.6) is 5.88 Å². The maximum atomic E-state index is 5.34. The first-order chi connectivity index (χ1) is 11.7. The van der Waals surface area contributed by atoms with Gasteiger partial charge in [-0.15, -0.1) is 0 Å². The number of aryl methyl sites for hydroxylation is 1. The van der Waals surface area contributed by atoms with Gasteiger partial charge in [-0.25, -0.2) is 9.97 Å². The lowest BCUT2D eigenvalue weighted by molar-refractivity contribution is 0.402. The van der Waals surface area contributed by atoms with Crippen LogP contribution in [0.3, 0.4) is 0 Å². The highest BCUT2D eigenvalue weighted by atomic mass is 16.5. The molecule has 4 rings (SSSR count). The highest BCUT2D eigenvalue weighted by molar-refractivity contribution is 5.86. The molecule has 3 aromatic rings. The summed E-state index contributed by atoms with van der Waals surface area (Å²) in [4.78, 5) is 17.2. The molecule has 8 heteroatoms. The van der Waals surface area contributed by atoms with Crippen LogP contribution < -0.4 is 14.5 Å². The predicted octanol–water partition coefficient (Wildman–Crippen LogP) is 1.66. The molecule has 0 aliphatic carbocycles. The van der Waals surface area contributed by atoms with Gasteiger partial charge in [0, 0.05) is 31.9 Å². The summed E-state index contributed by atoms with van der Waals surface area (Å²) >= 11 is 0. The number of rotatable bonds is 3. The number of aromatic nitrogens is 4. The van der Waals surface area contributed by atoms with Crippen LogP contribution in [0.1, 0.15) is 5.82 Å². The molecule has 0 saturated carbocycles. The number of nitrogens with zero attached hydrogens (tertiary/aromatic N) is 6. The summed E-state index contributed by atoms with van der Waals surface area (Å²) in [6.45, 7) is 5.25. The van der Waals surface area contributed by atoms with Crippen molar-refractivity contribution in [3.8, 4) is 5.88 Å². The van der Waals surface area contributed by atoms with E-state index < -0.39 is 0 Å². The molecule has 2 aromatic heterocycles. The molecule has 0 atom stereocenters. The van der Waals surface area contributed by atoms with Gasteiger partial charge in [-0.3, -0.25) is 0 Å². The fraction of sp³-hybridized carbons (Fsp3) is 0.375. The zero-order chi connectivity index (χ0) is 16.5. The van der Waals surface area contributed by atoms with Gasteiger partial charge in [0.05, 0.1) is 18.0 Å². The molecule has 0 bridgehead atoms. The van der Waals surface area contributed by atoms with Crippen molar-refractivity contribution in [2.45, 2.75) is 6.92 Å². The van der Waals surface area contributed by atoms with Crippen LogP contribution in [0.25, 0.3) is 10.9 Å². The highest BCUT2D eigenvalue weighted by Gasteiger charge is 2.21. The molecule has 1 saturated heterocycles. The van der Waals surface area contributed by atoms with Crippen LogP contribution in [-0.4, -0.2) is 53.4 Å². The summed E-state index contributed by atoms with van der Waals surface area (Å²) in [7, 11) is 1.62. The number of methoxy groups -OCH3 is 1. The second-order valence-corrected chi connectivity index (χ2v) is 5.68. The summed E-state index contributed by atoms with van der Waals surface area (Å²) in [5, 5.41) is 4.78. The van der Waals surface area contributed by atoms with E-state index in [9.17, 15) is 0 Å². The van der Waals surface area contributed by atoms with Gasteiger partial charge < -0.3 is 19.1 Å². The van der Waals surface area contributed by atoms with Crippen LogP contribution >= 0.6 is 0 Å². The molecule has 1 fully saturated rings. The van der Waals surface area contributed by atoms with Gasteiger partial charge in [0.15, 0.2) is 5.82 Å². The first-order valence-electron chi connectivity index (χ1n) is 7.83. The molecule has 0 radical (unpaired) electrons. The van der Waals surface area contributed by atoms with Crippen LogP contribution in [0, 0.1) is 6.92 Å². The molecule has 0 unspecified atom stereocenters. The molecule has 3 heterocycles. The van der Waals surface area contributed by atoms with Crippen molar-refractivity contribution < 1.29 is 9.26 Å². The van der Waals surface area contributed by atoms with Gasteiger partial charge in [-0.2, -0.15) is 4.98 Å². The number of benzene rings is 1. The molecule has 124 valence electrons. The van der Waals surface area contributed by atoms with Crippen molar-refractivity contribution in [3.63, 3.8) is 0 Å². The van der Waals surface area contributed by atoms with Crippen molar-refractivity contribution in [1.82, 2.24) is 20.1 Å². The largest absolute Gasteiger partial charge is 0.480 e. The highest BCUT2D eigenvalue weighted by Crippen LogP contribution is 2.27. The van der Waals surface area contributed by atoms with Crippen molar-refractivity contribution in [2.75, 3.05) is 43.1 Å². The lowest BCUT2D eigenvalue weighted by atomic mass is 10.2. The summed E-state index contributed by atoms with van der Waals surface area (Å²) < 4.78 is 10.6. The molecule has 0 spiro atoms. The molecule has 0 N–H and O–H groups in total. The quantitative estimate of drug-likeness (QED) is 0.719. The topological polar surface area (TPSA) is 80.4 Å². The Balaban J connectivity index is 1.54. The summed E-state index contributed by atoms with van der Waals surface area (Å²) in [6, 6.07) is 6.77. The fourth-order valence-corrected chi connectivity index (χ4v) is 2.95. The van der Waals surface area contributed by atoms with E-state index in [1.54, 1.807) is 7.11 Å². The molecule has 1 aliphatic heterocycles. The maximum absolute atomic E-state index is 5.34. The second kappa shape index (κ2) is 5.95. The molecule has 1 aromatic carbocycles. The first kappa shape index (κ1) is 14.7. The van der Waals surface area contributed by atoms with E-state index in [-0.39, 0.29) is 0 Å². The van der Waals surface area contributed by atoms with Gasteiger partial charge in [-0.05, 0) is 25.1 Å². The first-order valence-corrected chi connectivity index (χ1v) is 7.83. The zero-order valence-corrected chi connectivity index (χ0v) is 13.6. The van der Waals surface area contributed by atoms with Gasteiger partial charge in [0.2, 0.25) is 5.88 Å². The van der Waals surface area contributed by atoms with E-state index in [2.05, 4.69) is 42.0 Å². The third-order valence-electron chi connectivity index (χ3n) is 4.21. The minimum absolute atomic E-state index is 0.598. The molecular formula is C16H18N6O2. The summed E-state index contributed by atoms with van der Waals surface area (Å²) in [5.41, 5.74) is 2.02. The van der Waals surface area contributed by atoms with E-state index >= 15 is 0 Å². The Bertz CT molecular complexity index is 857. The monoisotopic (exact) mass is 326 g/mol. The van der Waals surface area contributed by atoms with Crippen molar-refractivity contribution >= 4 is 22.6 Å². The Labute approximate surface area is 139 Å². The number of fused-ring (bicyclic) bond motifs is 1. The van der Waals surface area contributed by atoms with Crippen LogP contribution in [0.2, 0.25) is 0 Å². The standard InChI is InChI=1S/C16H18N6O2/c1-11-19-16(24-20-11)22-7-5-21(6-8-22)12-3-4-14-13(9-12)15(23-2)18-10-17-14/h3-4,9-10H,5-8H2,1-2H3. The molecule has 1 aliphatic rings. The van der Waals surface area contributed by atoms with E-state index in [1.807, 2.05) is 13.0 Å². The Morgan fingerprint density at radius 3 is 2.58 bits per heavy atom. The molecule has 0 amide bonds. The predicted molar refractivity (Wildman–Crippen MR) is 89.6 cm³/mol. The van der Waals surface area contributed by atoms with Gasteiger partial charge in [0.1, 0.15) is 6.33 Å². The SMILES string of the molecule is COc1ncnc2ccc(N3CCN(c4nc(C)no4)CC3)cc12. The van der Waals surface area contributed by atoms with E-state index in [0.717, 1.165) is 42.8 Å². The van der Waals surface area contributed by atoms with E-state index in [4.69, 9.17) is 9.26 Å². The average Bonchev–Trinajstić information content (AvgIpc) is 3.07. The van der Waals surface area contributed by atoms with Gasteiger partial charge in [-0.1, -0.05) is 5.16 Å². The number of ether oxygens (including phenoxy) is 1. The van der Waals surface area contributed by atoms with Crippen molar-refractivity contribution in [2.24, 2.45) is 0 Å². The third-order valence-corrected chi connectivity index (χ3v) is 4.21. The fourth-order valence-electron chi connectivity index (χ4n) is 2.95. The zero-order valence-electron chi connectivity index (χ0n) is 13.6. The molecule has 8 nitrogen and oxygen atoms in total. The maximum Gasteiger partial charge on any atom is 0.324 e. The Kier molecular flexibility index (Phi) is 3.64. The Morgan fingerprint density at radius 2 is 1.88 bits per heavy atom. The Morgan fingerprint density at radius 1 is 1.08 bits per heavy atom. The summed E-state index contributed by atoms with van der Waals surface area (Å²) in [6.07, 6.45) is 1.52. The van der Waals surface area contributed by atoms with Crippen LogP contribution in [0.15, 0.2) is 29.0 Å². The van der Waals surface area contributed by atoms with E-state index in [1.165, 1.54) is 6.33 Å². The average molecular weight is 326 g/mol. The second-order valence-electron chi connectivity index (χ2n) is 5.68. The summed E-state index contributed by atoms with van der Waals surface area (Å²) in [5.74, 6) is 1.26. The molecule has 24 heavy (non-hydrogen) atoms. The lowest BCUT2D eigenvalue weighted by Crippen LogP contribution is -2.46. The number of hydrogen-bond donors (Lipinski definition) is 0. The minimum Gasteiger partial charge on any atom is -0.480 e.